The average Bonchev–Trinajstić information content (AvgIpc) is 3.44. The van der Waals surface area contributed by atoms with Crippen molar-refractivity contribution in [3.8, 4) is 22.5 Å². The van der Waals surface area contributed by atoms with Gasteiger partial charge in [0.1, 0.15) is 5.82 Å². The van der Waals surface area contributed by atoms with E-state index < -0.39 is 0 Å². The van der Waals surface area contributed by atoms with Crippen LogP contribution in [0.2, 0.25) is 0 Å². The van der Waals surface area contributed by atoms with Crippen molar-refractivity contribution in [2.45, 2.75) is 52.5 Å². The topological polar surface area (TPSA) is 92.6 Å². The number of tetrazole rings is 1. The number of nitrogens with one attached hydrogen (secondary N) is 1. The van der Waals surface area contributed by atoms with E-state index >= 15 is 0 Å². The first-order chi connectivity index (χ1) is 17.9. The molecule has 2 heterocycles. The molecule has 0 aliphatic heterocycles. The molecule has 37 heavy (non-hydrogen) atoms. The first kappa shape index (κ1) is 26.3. The maximum absolute atomic E-state index is 13.8. The molecule has 192 valence electrons. The predicted octanol–water partition coefficient (Wildman–Crippen LogP) is 4.61. The molecule has 0 radical (unpaired) electrons. The Labute approximate surface area is 222 Å². The Morgan fingerprint density at radius 2 is 1.86 bits per heavy atom. The fraction of sp³-hybridized carbons (Fsp3) is 0.357. The first-order valence-corrected chi connectivity index (χ1v) is 13.0. The number of nitrogens with zero attached hydrogens (tertiary/aromatic N) is 6. The number of rotatable bonds is 10. The number of aromatic nitrogens is 6. The second kappa shape index (κ2) is 12.0. The monoisotopic (exact) mass is 515 g/mol. The molecule has 0 atom stereocenters. The van der Waals surface area contributed by atoms with Crippen molar-refractivity contribution < 1.29 is 0 Å². The first-order valence-electron chi connectivity index (χ1n) is 12.6. The number of hydrogen-bond acceptors (Lipinski definition) is 6. The standard InChI is InChI=1S/C28H33N7OS/c1-5-6-12-25-29-19(2)22(15-16-26(37)34(3)4)28(36)35(25)18-20-13-14-23(21-10-8-7-9-11-21)24(17-20)27-30-32-33-31-27/h7-11,13-14,17H,5-6,12,15-16,18H2,1-4H3,(H,30,31,32,33). The Morgan fingerprint density at radius 1 is 1.08 bits per heavy atom. The molecular weight excluding hydrogens is 482 g/mol. The minimum atomic E-state index is 0.00942. The van der Waals surface area contributed by atoms with Crippen LogP contribution in [0.1, 0.15) is 48.8 Å². The van der Waals surface area contributed by atoms with Gasteiger partial charge in [-0.25, -0.2) is 10.1 Å². The number of aryl methyl sites for hydroxylation is 2. The zero-order valence-electron chi connectivity index (χ0n) is 21.9. The molecule has 0 amide bonds. The van der Waals surface area contributed by atoms with Gasteiger partial charge in [0.15, 0.2) is 5.82 Å². The van der Waals surface area contributed by atoms with Gasteiger partial charge < -0.3 is 4.90 Å². The van der Waals surface area contributed by atoms with Gasteiger partial charge in [0.25, 0.3) is 5.56 Å². The van der Waals surface area contributed by atoms with Gasteiger partial charge >= 0.3 is 0 Å². The molecule has 1 N–H and O–H groups in total. The van der Waals surface area contributed by atoms with Crippen LogP contribution in [0.5, 0.6) is 0 Å². The normalized spacial score (nSPS) is 11.0. The third-order valence-corrected chi connectivity index (χ3v) is 7.07. The van der Waals surface area contributed by atoms with E-state index in [9.17, 15) is 4.79 Å². The van der Waals surface area contributed by atoms with Crippen molar-refractivity contribution in [2.75, 3.05) is 14.1 Å². The largest absolute Gasteiger partial charge is 0.372 e. The highest BCUT2D eigenvalue weighted by molar-refractivity contribution is 7.80. The lowest BCUT2D eigenvalue weighted by Gasteiger charge is -2.18. The number of aromatic amines is 1. The fourth-order valence-electron chi connectivity index (χ4n) is 4.40. The van der Waals surface area contributed by atoms with Gasteiger partial charge in [0.05, 0.1) is 11.5 Å². The fourth-order valence-corrected chi connectivity index (χ4v) is 4.50. The number of hydrogen-bond donors (Lipinski definition) is 1. The van der Waals surface area contributed by atoms with Crippen molar-refractivity contribution in [2.24, 2.45) is 0 Å². The van der Waals surface area contributed by atoms with Gasteiger partial charge in [-0.15, -0.1) is 5.10 Å². The molecule has 0 bridgehead atoms. The molecule has 0 aliphatic carbocycles. The summed E-state index contributed by atoms with van der Waals surface area (Å²) in [5.74, 6) is 1.40. The molecular formula is C28H33N7OS. The molecule has 2 aromatic heterocycles. The predicted molar refractivity (Wildman–Crippen MR) is 151 cm³/mol. The maximum atomic E-state index is 13.8. The third kappa shape index (κ3) is 6.17. The van der Waals surface area contributed by atoms with Gasteiger partial charge in [-0.05, 0) is 52.9 Å². The summed E-state index contributed by atoms with van der Waals surface area (Å²) in [6, 6.07) is 16.3. The minimum Gasteiger partial charge on any atom is -0.372 e. The summed E-state index contributed by atoms with van der Waals surface area (Å²) in [4.78, 5) is 21.4. The Balaban J connectivity index is 1.76. The Hall–Kier alpha value is -3.72. The van der Waals surface area contributed by atoms with E-state index in [-0.39, 0.29) is 5.56 Å². The lowest BCUT2D eigenvalue weighted by molar-refractivity contribution is 0.607. The van der Waals surface area contributed by atoms with E-state index in [0.29, 0.717) is 25.2 Å². The zero-order chi connectivity index (χ0) is 26.4. The van der Waals surface area contributed by atoms with Gasteiger partial charge in [0.2, 0.25) is 0 Å². The molecule has 4 rings (SSSR count). The van der Waals surface area contributed by atoms with E-state index in [2.05, 4.69) is 57.9 Å². The molecule has 8 nitrogen and oxygen atoms in total. The molecule has 4 aromatic rings. The molecule has 9 heteroatoms. The van der Waals surface area contributed by atoms with Crippen LogP contribution in [0.3, 0.4) is 0 Å². The van der Waals surface area contributed by atoms with Gasteiger partial charge in [-0.2, -0.15) is 0 Å². The summed E-state index contributed by atoms with van der Waals surface area (Å²) in [5, 5.41) is 14.6. The lowest BCUT2D eigenvalue weighted by atomic mass is 9.97. The van der Waals surface area contributed by atoms with Crippen LogP contribution in [-0.2, 0) is 19.4 Å². The van der Waals surface area contributed by atoms with Crippen molar-refractivity contribution >= 4 is 17.2 Å². The van der Waals surface area contributed by atoms with Gasteiger partial charge in [-0.1, -0.05) is 68.0 Å². The number of thiocarbonyl (C=S) groups is 1. The van der Waals surface area contributed by atoms with E-state index in [4.69, 9.17) is 17.2 Å². The van der Waals surface area contributed by atoms with Gasteiger partial charge in [0, 0.05) is 43.8 Å². The zero-order valence-corrected chi connectivity index (χ0v) is 22.7. The number of unbranched alkanes of at least 4 members (excludes halogenated alkanes) is 1. The summed E-state index contributed by atoms with van der Waals surface area (Å²) < 4.78 is 1.83. The minimum absolute atomic E-state index is 0.00942. The Kier molecular flexibility index (Phi) is 8.55. The highest BCUT2D eigenvalue weighted by Gasteiger charge is 2.17. The third-order valence-electron chi connectivity index (χ3n) is 6.50. The quantitative estimate of drug-likeness (QED) is 0.308. The smallest absolute Gasteiger partial charge is 0.257 e. The number of H-pyrrole nitrogens is 1. The van der Waals surface area contributed by atoms with Crippen LogP contribution in [0.4, 0.5) is 0 Å². The molecule has 0 aliphatic rings. The van der Waals surface area contributed by atoms with Crippen molar-refractivity contribution in [3.05, 3.63) is 81.5 Å². The second-order valence-corrected chi connectivity index (χ2v) is 9.84. The molecule has 0 saturated carbocycles. The summed E-state index contributed by atoms with van der Waals surface area (Å²) >= 11 is 5.47. The summed E-state index contributed by atoms with van der Waals surface area (Å²) in [5.41, 5.74) is 5.47. The SMILES string of the molecule is CCCCc1nc(C)c(CCC(=S)N(C)C)c(=O)n1Cc1ccc(-c2ccccc2)c(-c2nnn[nH]2)c1. The van der Waals surface area contributed by atoms with Crippen molar-refractivity contribution in [1.82, 2.24) is 35.1 Å². The van der Waals surface area contributed by atoms with Crippen molar-refractivity contribution in [1.29, 1.82) is 0 Å². The highest BCUT2D eigenvalue weighted by atomic mass is 32.1. The lowest BCUT2D eigenvalue weighted by Crippen LogP contribution is -2.31. The Morgan fingerprint density at radius 3 is 2.54 bits per heavy atom. The highest BCUT2D eigenvalue weighted by Crippen LogP contribution is 2.31. The second-order valence-electron chi connectivity index (χ2n) is 9.37. The Bertz CT molecular complexity index is 1410. The molecule has 0 unspecified atom stereocenters. The van der Waals surface area contributed by atoms with E-state index in [1.165, 1.54) is 0 Å². The van der Waals surface area contributed by atoms with Crippen LogP contribution in [0.25, 0.3) is 22.5 Å². The molecule has 0 saturated heterocycles. The molecule has 2 aromatic carbocycles. The van der Waals surface area contributed by atoms with Crippen molar-refractivity contribution in [3.63, 3.8) is 0 Å². The molecule has 0 spiro atoms. The van der Waals surface area contributed by atoms with Crippen LogP contribution in [0.15, 0.2) is 53.3 Å². The van der Waals surface area contributed by atoms with E-state index in [1.54, 1.807) is 0 Å². The van der Waals surface area contributed by atoms with Crippen LogP contribution < -0.4 is 5.56 Å². The molecule has 0 fully saturated rings. The van der Waals surface area contributed by atoms with Gasteiger partial charge in [-0.3, -0.25) is 9.36 Å². The summed E-state index contributed by atoms with van der Waals surface area (Å²) in [6.45, 7) is 4.49. The average molecular weight is 516 g/mol. The summed E-state index contributed by atoms with van der Waals surface area (Å²) in [6.07, 6.45) is 3.97. The summed E-state index contributed by atoms with van der Waals surface area (Å²) in [7, 11) is 3.86. The van der Waals surface area contributed by atoms with Crippen LogP contribution in [0, 0.1) is 6.92 Å². The van der Waals surface area contributed by atoms with E-state index in [1.807, 2.05) is 48.7 Å². The van der Waals surface area contributed by atoms with Crippen LogP contribution >= 0.6 is 12.2 Å². The number of benzene rings is 2. The van der Waals surface area contributed by atoms with E-state index in [0.717, 1.165) is 63.6 Å². The maximum Gasteiger partial charge on any atom is 0.257 e. The van der Waals surface area contributed by atoms with Crippen LogP contribution in [-0.4, -0.2) is 54.2 Å².